The molecule has 108 valence electrons. The number of rotatable bonds is 0. The predicted molar refractivity (Wildman–Crippen MR) is 68.4 cm³/mol. The molecule has 0 unspecified atom stereocenters. The molecular formula is C15H16F3NO. The van der Waals surface area contributed by atoms with Crippen LogP contribution in [0.25, 0.3) is 0 Å². The SMILES string of the molecule is Cc1ccc2c(c1)[C@H]1CCCN(C(=O)C(F)(F)F)[C@H]1C2. The molecule has 1 aliphatic heterocycles. The maximum Gasteiger partial charge on any atom is 0.471 e. The number of carbonyl (C=O) groups is 1. The summed E-state index contributed by atoms with van der Waals surface area (Å²) >= 11 is 0. The molecule has 1 heterocycles. The van der Waals surface area contributed by atoms with Crippen LogP contribution in [0, 0.1) is 6.92 Å². The molecule has 1 aromatic carbocycles. The molecule has 1 saturated heterocycles. The lowest BCUT2D eigenvalue weighted by Crippen LogP contribution is -2.51. The Kier molecular flexibility index (Phi) is 3.03. The normalized spacial score (nSPS) is 25.3. The summed E-state index contributed by atoms with van der Waals surface area (Å²) in [6, 6.07) is 5.70. The first-order valence-corrected chi connectivity index (χ1v) is 6.85. The average molecular weight is 283 g/mol. The highest BCUT2D eigenvalue weighted by Crippen LogP contribution is 2.43. The molecule has 2 nitrogen and oxygen atoms in total. The Morgan fingerprint density at radius 3 is 2.80 bits per heavy atom. The van der Waals surface area contributed by atoms with Crippen LogP contribution < -0.4 is 0 Å². The number of amides is 1. The van der Waals surface area contributed by atoms with Gasteiger partial charge in [-0.2, -0.15) is 13.2 Å². The van der Waals surface area contributed by atoms with Gasteiger partial charge in [0.15, 0.2) is 0 Å². The molecule has 0 spiro atoms. The number of hydrogen-bond acceptors (Lipinski definition) is 1. The van der Waals surface area contributed by atoms with Gasteiger partial charge in [-0.25, -0.2) is 0 Å². The van der Waals surface area contributed by atoms with Crippen LogP contribution in [0.1, 0.15) is 35.4 Å². The van der Waals surface area contributed by atoms with E-state index in [0.29, 0.717) is 12.8 Å². The molecule has 2 aliphatic rings. The first-order valence-electron chi connectivity index (χ1n) is 6.85. The number of carbonyl (C=O) groups excluding carboxylic acids is 1. The molecule has 0 aromatic heterocycles. The molecule has 0 N–H and O–H groups in total. The summed E-state index contributed by atoms with van der Waals surface area (Å²) in [5.41, 5.74) is 3.34. The van der Waals surface area contributed by atoms with Crippen LogP contribution in [0.2, 0.25) is 0 Å². The standard InChI is InChI=1S/C15H16F3NO/c1-9-4-5-10-8-13-11(12(10)7-9)3-2-6-19(13)14(20)15(16,17)18/h4-5,7,11,13H,2-3,6,8H2,1H3/t11-,13+/m1/s1. The van der Waals surface area contributed by atoms with Crippen molar-refractivity contribution in [1.29, 1.82) is 0 Å². The molecule has 1 aliphatic carbocycles. The van der Waals surface area contributed by atoms with Gasteiger partial charge in [-0.05, 0) is 37.3 Å². The molecule has 1 aromatic rings. The number of hydrogen-bond donors (Lipinski definition) is 0. The second-order valence-electron chi connectivity index (χ2n) is 5.72. The summed E-state index contributed by atoms with van der Waals surface area (Å²) in [5, 5.41) is 0. The number of aryl methyl sites for hydroxylation is 1. The van der Waals surface area contributed by atoms with Crippen molar-refractivity contribution in [2.24, 2.45) is 0 Å². The Morgan fingerprint density at radius 1 is 1.35 bits per heavy atom. The largest absolute Gasteiger partial charge is 0.471 e. The predicted octanol–water partition coefficient (Wildman–Crippen LogP) is 3.19. The Balaban J connectivity index is 1.92. The minimum atomic E-state index is -4.77. The summed E-state index contributed by atoms with van der Waals surface area (Å²) in [6.45, 7) is 2.20. The van der Waals surface area contributed by atoms with E-state index >= 15 is 0 Å². The zero-order chi connectivity index (χ0) is 14.5. The van der Waals surface area contributed by atoms with Crippen LogP contribution >= 0.6 is 0 Å². The number of fused-ring (bicyclic) bond motifs is 3. The maximum absolute atomic E-state index is 12.7. The highest BCUT2D eigenvalue weighted by molar-refractivity contribution is 5.82. The van der Waals surface area contributed by atoms with Crippen LogP contribution in [0.15, 0.2) is 18.2 Å². The van der Waals surface area contributed by atoms with Gasteiger partial charge in [-0.1, -0.05) is 23.8 Å². The molecule has 1 fully saturated rings. The fraction of sp³-hybridized carbons (Fsp3) is 0.533. The lowest BCUT2D eigenvalue weighted by atomic mass is 9.88. The van der Waals surface area contributed by atoms with E-state index in [2.05, 4.69) is 6.07 Å². The minimum absolute atomic E-state index is 0.0601. The van der Waals surface area contributed by atoms with E-state index in [1.807, 2.05) is 19.1 Å². The van der Waals surface area contributed by atoms with Gasteiger partial charge in [-0.3, -0.25) is 4.79 Å². The lowest BCUT2D eigenvalue weighted by Gasteiger charge is -2.38. The number of alkyl halides is 3. The smallest absolute Gasteiger partial charge is 0.331 e. The van der Waals surface area contributed by atoms with Crippen molar-refractivity contribution in [2.75, 3.05) is 6.54 Å². The summed E-state index contributed by atoms with van der Waals surface area (Å²) in [6.07, 6.45) is -2.73. The number of piperidine rings is 1. The molecule has 0 bridgehead atoms. The van der Waals surface area contributed by atoms with E-state index in [1.54, 1.807) is 0 Å². The molecule has 5 heteroatoms. The van der Waals surface area contributed by atoms with Crippen molar-refractivity contribution in [3.63, 3.8) is 0 Å². The molecule has 20 heavy (non-hydrogen) atoms. The second kappa shape index (κ2) is 4.50. The Hall–Kier alpha value is -1.52. The van der Waals surface area contributed by atoms with E-state index in [-0.39, 0.29) is 18.5 Å². The summed E-state index contributed by atoms with van der Waals surface area (Å²) < 4.78 is 38.1. The van der Waals surface area contributed by atoms with E-state index < -0.39 is 12.1 Å². The third kappa shape index (κ3) is 2.09. The molecule has 0 radical (unpaired) electrons. The van der Waals surface area contributed by atoms with Gasteiger partial charge in [0.25, 0.3) is 0 Å². The van der Waals surface area contributed by atoms with Crippen LogP contribution in [0.3, 0.4) is 0 Å². The summed E-state index contributed by atoms with van der Waals surface area (Å²) in [4.78, 5) is 12.6. The van der Waals surface area contributed by atoms with Crippen molar-refractivity contribution in [2.45, 2.75) is 44.3 Å². The summed E-state index contributed by atoms with van der Waals surface area (Å²) in [5.74, 6) is -1.62. The van der Waals surface area contributed by atoms with Crippen molar-refractivity contribution in [3.8, 4) is 0 Å². The topological polar surface area (TPSA) is 20.3 Å². The molecular weight excluding hydrogens is 267 g/mol. The Morgan fingerprint density at radius 2 is 2.10 bits per heavy atom. The first-order chi connectivity index (χ1) is 9.38. The van der Waals surface area contributed by atoms with E-state index in [4.69, 9.17) is 0 Å². The molecule has 0 saturated carbocycles. The van der Waals surface area contributed by atoms with E-state index in [1.165, 1.54) is 0 Å². The Bertz CT molecular complexity index is 553. The van der Waals surface area contributed by atoms with Gasteiger partial charge in [0, 0.05) is 18.5 Å². The number of benzene rings is 1. The zero-order valence-electron chi connectivity index (χ0n) is 11.2. The monoisotopic (exact) mass is 283 g/mol. The van der Waals surface area contributed by atoms with Crippen LogP contribution in [-0.4, -0.2) is 29.6 Å². The first kappa shape index (κ1) is 13.5. The van der Waals surface area contributed by atoms with Crippen molar-refractivity contribution >= 4 is 5.91 Å². The maximum atomic E-state index is 12.7. The average Bonchev–Trinajstić information content (AvgIpc) is 2.74. The van der Waals surface area contributed by atoms with E-state index in [0.717, 1.165) is 28.0 Å². The van der Waals surface area contributed by atoms with Gasteiger partial charge in [0.2, 0.25) is 0 Å². The zero-order valence-corrected chi connectivity index (χ0v) is 11.2. The van der Waals surface area contributed by atoms with Gasteiger partial charge in [0.1, 0.15) is 0 Å². The number of likely N-dealkylation sites (tertiary alicyclic amines) is 1. The number of halogens is 3. The quantitative estimate of drug-likeness (QED) is 0.716. The minimum Gasteiger partial charge on any atom is -0.331 e. The van der Waals surface area contributed by atoms with Gasteiger partial charge < -0.3 is 4.90 Å². The van der Waals surface area contributed by atoms with Crippen molar-refractivity contribution in [3.05, 3.63) is 34.9 Å². The summed E-state index contributed by atoms with van der Waals surface area (Å²) in [7, 11) is 0. The van der Waals surface area contributed by atoms with E-state index in [9.17, 15) is 18.0 Å². The van der Waals surface area contributed by atoms with Gasteiger partial charge >= 0.3 is 12.1 Å². The third-order valence-electron chi connectivity index (χ3n) is 4.41. The fourth-order valence-electron chi connectivity index (χ4n) is 3.56. The van der Waals surface area contributed by atoms with Crippen molar-refractivity contribution < 1.29 is 18.0 Å². The highest BCUT2D eigenvalue weighted by Gasteiger charge is 2.49. The third-order valence-corrected chi connectivity index (χ3v) is 4.41. The Labute approximate surface area is 115 Å². The van der Waals surface area contributed by atoms with Crippen LogP contribution in [-0.2, 0) is 11.2 Å². The molecule has 1 amide bonds. The van der Waals surface area contributed by atoms with Crippen LogP contribution in [0.4, 0.5) is 13.2 Å². The van der Waals surface area contributed by atoms with Crippen molar-refractivity contribution in [1.82, 2.24) is 4.90 Å². The molecule has 3 rings (SSSR count). The molecule has 2 atom stereocenters. The number of nitrogens with zero attached hydrogens (tertiary/aromatic N) is 1. The fourth-order valence-corrected chi connectivity index (χ4v) is 3.56. The van der Waals surface area contributed by atoms with Gasteiger partial charge in [-0.15, -0.1) is 0 Å². The highest BCUT2D eigenvalue weighted by atomic mass is 19.4. The second-order valence-corrected chi connectivity index (χ2v) is 5.72. The lowest BCUT2D eigenvalue weighted by molar-refractivity contribution is -0.189. The van der Waals surface area contributed by atoms with Gasteiger partial charge in [0.05, 0.1) is 0 Å². The van der Waals surface area contributed by atoms with Crippen LogP contribution in [0.5, 0.6) is 0 Å².